The van der Waals surface area contributed by atoms with Crippen molar-refractivity contribution in [2.24, 2.45) is 0 Å². The highest BCUT2D eigenvalue weighted by Gasteiger charge is 2.18. The summed E-state index contributed by atoms with van der Waals surface area (Å²) in [5, 5.41) is 11.5. The SMILES string of the molecule is CNC(=O)c1ccc(N2CCN(Cc3cnc4cc(C#N)c(=O)[nH]c4c3)CC2)cn1. The Bertz CT molecular complexity index is 1170. The van der Waals surface area contributed by atoms with Gasteiger partial charge in [0.2, 0.25) is 0 Å². The molecule has 0 aromatic carbocycles. The van der Waals surface area contributed by atoms with Crippen LogP contribution in [0.5, 0.6) is 0 Å². The van der Waals surface area contributed by atoms with Crippen LogP contribution in [0.4, 0.5) is 5.69 Å². The van der Waals surface area contributed by atoms with Crippen LogP contribution in [0.2, 0.25) is 0 Å². The van der Waals surface area contributed by atoms with Crippen molar-refractivity contribution in [3.05, 3.63) is 63.8 Å². The lowest BCUT2D eigenvalue weighted by atomic mass is 10.2. The van der Waals surface area contributed by atoms with E-state index in [-0.39, 0.29) is 11.5 Å². The molecule has 9 heteroatoms. The summed E-state index contributed by atoms with van der Waals surface area (Å²) in [6, 6.07) is 8.96. The molecule has 0 spiro atoms. The fourth-order valence-electron chi connectivity index (χ4n) is 3.55. The fourth-order valence-corrected chi connectivity index (χ4v) is 3.55. The van der Waals surface area contributed by atoms with Crippen LogP contribution in [0.25, 0.3) is 11.0 Å². The van der Waals surface area contributed by atoms with Crippen LogP contribution < -0.4 is 15.8 Å². The van der Waals surface area contributed by atoms with Gasteiger partial charge in [-0.15, -0.1) is 0 Å². The molecule has 9 nitrogen and oxygen atoms in total. The highest BCUT2D eigenvalue weighted by atomic mass is 16.1. The van der Waals surface area contributed by atoms with Crippen LogP contribution in [0.15, 0.2) is 41.5 Å². The molecule has 1 fully saturated rings. The molecule has 2 N–H and O–H groups in total. The number of carbonyl (C=O) groups excluding carboxylic acids is 1. The van der Waals surface area contributed by atoms with Crippen LogP contribution in [-0.2, 0) is 6.54 Å². The summed E-state index contributed by atoms with van der Waals surface area (Å²) in [6.07, 6.45) is 3.52. The average Bonchev–Trinajstić information content (AvgIpc) is 2.78. The molecule has 4 heterocycles. The summed E-state index contributed by atoms with van der Waals surface area (Å²) in [4.78, 5) is 39.4. The van der Waals surface area contributed by atoms with Crippen molar-refractivity contribution >= 4 is 22.6 Å². The van der Waals surface area contributed by atoms with Gasteiger partial charge in [0.1, 0.15) is 17.3 Å². The highest BCUT2D eigenvalue weighted by molar-refractivity contribution is 5.92. The van der Waals surface area contributed by atoms with Crippen LogP contribution in [-0.4, -0.2) is 59.0 Å². The van der Waals surface area contributed by atoms with Crippen LogP contribution >= 0.6 is 0 Å². The molecular formula is C21H21N7O2. The van der Waals surface area contributed by atoms with Crippen molar-refractivity contribution in [2.75, 3.05) is 38.1 Å². The third-order valence-electron chi connectivity index (χ3n) is 5.22. The molecule has 1 aliphatic heterocycles. The highest BCUT2D eigenvalue weighted by Crippen LogP contribution is 2.18. The van der Waals surface area contributed by atoms with Gasteiger partial charge in [0, 0.05) is 46.0 Å². The van der Waals surface area contributed by atoms with E-state index in [4.69, 9.17) is 5.26 Å². The number of aromatic amines is 1. The van der Waals surface area contributed by atoms with Crippen LogP contribution in [0.3, 0.4) is 0 Å². The minimum absolute atomic E-state index is 0.0664. The number of aromatic nitrogens is 3. The van der Waals surface area contributed by atoms with E-state index >= 15 is 0 Å². The lowest BCUT2D eigenvalue weighted by molar-refractivity contribution is 0.0958. The first kappa shape index (κ1) is 19.5. The number of amides is 1. The van der Waals surface area contributed by atoms with Crippen molar-refractivity contribution < 1.29 is 4.79 Å². The van der Waals surface area contributed by atoms with E-state index in [0.29, 0.717) is 16.7 Å². The molecule has 0 radical (unpaired) electrons. The van der Waals surface area contributed by atoms with Gasteiger partial charge in [0.25, 0.3) is 11.5 Å². The van der Waals surface area contributed by atoms with Gasteiger partial charge in [-0.1, -0.05) is 0 Å². The number of nitrogens with one attached hydrogen (secondary N) is 2. The number of piperazine rings is 1. The average molecular weight is 403 g/mol. The van der Waals surface area contributed by atoms with E-state index in [1.165, 1.54) is 6.07 Å². The number of hydrogen-bond acceptors (Lipinski definition) is 7. The molecule has 1 aliphatic rings. The first-order valence-electron chi connectivity index (χ1n) is 9.65. The molecule has 0 saturated carbocycles. The summed E-state index contributed by atoms with van der Waals surface area (Å²) in [7, 11) is 1.59. The third-order valence-corrected chi connectivity index (χ3v) is 5.22. The third kappa shape index (κ3) is 3.99. The van der Waals surface area contributed by atoms with Gasteiger partial charge in [0.15, 0.2) is 0 Å². The molecule has 0 atom stereocenters. The number of nitriles is 1. The van der Waals surface area contributed by atoms with E-state index in [0.717, 1.165) is 44.0 Å². The number of rotatable bonds is 4. The predicted octanol–water partition coefficient (Wildman–Crippen LogP) is 0.872. The predicted molar refractivity (Wildman–Crippen MR) is 112 cm³/mol. The summed E-state index contributed by atoms with van der Waals surface area (Å²) in [6.45, 7) is 4.18. The second kappa shape index (κ2) is 8.31. The Morgan fingerprint density at radius 2 is 2.00 bits per heavy atom. The molecule has 4 rings (SSSR count). The van der Waals surface area contributed by atoms with Crippen molar-refractivity contribution in [2.45, 2.75) is 6.54 Å². The molecule has 152 valence electrons. The van der Waals surface area contributed by atoms with E-state index in [9.17, 15) is 9.59 Å². The van der Waals surface area contributed by atoms with Gasteiger partial charge in [-0.2, -0.15) is 5.26 Å². The largest absolute Gasteiger partial charge is 0.368 e. The monoisotopic (exact) mass is 403 g/mol. The molecule has 0 bridgehead atoms. The van der Waals surface area contributed by atoms with Crippen LogP contribution in [0.1, 0.15) is 21.6 Å². The zero-order chi connectivity index (χ0) is 21.1. The maximum absolute atomic E-state index is 11.9. The first-order valence-corrected chi connectivity index (χ1v) is 9.65. The standard InChI is InChI=1S/C21H21N7O2/c1-23-21(30)17-3-2-16(12-25-17)28-6-4-27(5-7-28)13-14-8-19-18(24-11-14)9-15(10-22)20(29)26-19/h2-3,8-9,11-12H,4-7,13H2,1H3,(H,23,30)(H,26,29). The topological polar surface area (TPSA) is 118 Å². The van der Waals surface area contributed by atoms with Gasteiger partial charge in [-0.25, -0.2) is 4.98 Å². The summed E-state index contributed by atoms with van der Waals surface area (Å²) < 4.78 is 0. The molecule has 1 saturated heterocycles. The molecule has 0 unspecified atom stereocenters. The Labute approximate surface area is 173 Å². The molecule has 0 aliphatic carbocycles. The van der Waals surface area contributed by atoms with Gasteiger partial charge in [-0.3, -0.25) is 19.5 Å². The Morgan fingerprint density at radius 3 is 2.67 bits per heavy atom. The summed E-state index contributed by atoms with van der Waals surface area (Å²) >= 11 is 0. The Kier molecular flexibility index (Phi) is 5.41. The summed E-state index contributed by atoms with van der Waals surface area (Å²) in [5.74, 6) is -0.194. The molecule has 1 amide bonds. The minimum atomic E-state index is -0.395. The number of H-pyrrole nitrogens is 1. The molecule has 3 aromatic heterocycles. The normalized spacial score (nSPS) is 14.5. The maximum Gasteiger partial charge on any atom is 0.269 e. The van der Waals surface area contributed by atoms with Gasteiger partial charge in [-0.05, 0) is 29.8 Å². The smallest absolute Gasteiger partial charge is 0.269 e. The number of pyridine rings is 3. The Morgan fingerprint density at radius 1 is 1.20 bits per heavy atom. The first-order chi connectivity index (χ1) is 14.6. The molecular weight excluding hydrogens is 382 g/mol. The number of nitrogens with zero attached hydrogens (tertiary/aromatic N) is 5. The van der Waals surface area contributed by atoms with E-state index < -0.39 is 5.56 Å². The number of hydrogen-bond donors (Lipinski definition) is 2. The molecule has 3 aromatic rings. The number of anilines is 1. The van der Waals surface area contributed by atoms with Crippen LogP contribution in [0, 0.1) is 11.3 Å². The second-order valence-electron chi connectivity index (χ2n) is 7.14. The Hall–Kier alpha value is -3.77. The fraction of sp³-hybridized carbons (Fsp3) is 0.286. The van der Waals surface area contributed by atoms with E-state index in [2.05, 4.69) is 30.1 Å². The van der Waals surface area contributed by atoms with Gasteiger partial charge >= 0.3 is 0 Å². The number of fused-ring (bicyclic) bond motifs is 1. The second-order valence-corrected chi connectivity index (χ2v) is 7.14. The van der Waals surface area contributed by atoms with E-state index in [1.807, 2.05) is 18.2 Å². The quantitative estimate of drug-likeness (QED) is 0.664. The van der Waals surface area contributed by atoms with Crippen molar-refractivity contribution in [3.8, 4) is 6.07 Å². The maximum atomic E-state index is 11.9. The lowest BCUT2D eigenvalue weighted by Gasteiger charge is -2.36. The van der Waals surface area contributed by atoms with Crippen molar-refractivity contribution in [1.82, 2.24) is 25.2 Å². The van der Waals surface area contributed by atoms with Gasteiger partial charge in [0.05, 0.1) is 22.9 Å². The molecule has 30 heavy (non-hydrogen) atoms. The lowest BCUT2D eigenvalue weighted by Crippen LogP contribution is -2.46. The number of carbonyl (C=O) groups is 1. The van der Waals surface area contributed by atoms with Crippen molar-refractivity contribution in [3.63, 3.8) is 0 Å². The van der Waals surface area contributed by atoms with Gasteiger partial charge < -0.3 is 15.2 Å². The van der Waals surface area contributed by atoms with E-state index in [1.54, 1.807) is 25.5 Å². The zero-order valence-corrected chi connectivity index (χ0v) is 16.6. The zero-order valence-electron chi connectivity index (χ0n) is 16.6. The summed E-state index contributed by atoms with van der Waals surface area (Å²) in [5.41, 5.74) is 3.33. The van der Waals surface area contributed by atoms with Crippen molar-refractivity contribution in [1.29, 1.82) is 5.26 Å². The minimum Gasteiger partial charge on any atom is -0.368 e. The Balaban J connectivity index is 1.39.